The van der Waals surface area contributed by atoms with Crippen molar-refractivity contribution in [1.82, 2.24) is 0 Å². The minimum absolute atomic E-state index is 0.216. The Bertz CT molecular complexity index is 260. The first-order chi connectivity index (χ1) is 8.73. The third-order valence-electron chi connectivity index (χ3n) is 2.55. The Hall–Kier alpha value is -1.06. The molecule has 0 N–H and O–H groups in total. The predicted octanol–water partition coefficient (Wildman–Crippen LogP) is 3.33. The van der Waals surface area contributed by atoms with Crippen molar-refractivity contribution in [1.29, 1.82) is 0 Å². The summed E-state index contributed by atoms with van der Waals surface area (Å²) < 4.78 is 10.3. The maximum atomic E-state index is 11.9. The number of hydrogen-bond donors (Lipinski definition) is 0. The summed E-state index contributed by atoms with van der Waals surface area (Å²) in [4.78, 5) is 23.9. The first-order valence-corrected chi connectivity index (χ1v) is 7.15. The monoisotopic (exact) mass is 272 g/mol. The molecule has 0 bridgehead atoms. The molecule has 0 saturated carbocycles. The van der Waals surface area contributed by atoms with E-state index in [1.165, 1.54) is 0 Å². The molecule has 0 amide bonds. The largest absolute Gasteiger partial charge is 0.462 e. The number of ether oxygens (including phenoxy) is 2. The molecular weight excluding hydrogens is 244 g/mol. The molecule has 0 radical (unpaired) electrons. The van der Waals surface area contributed by atoms with E-state index >= 15 is 0 Å². The number of hydrogen-bond acceptors (Lipinski definition) is 4. The second-order valence-electron chi connectivity index (χ2n) is 5.85. The van der Waals surface area contributed by atoms with Crippen molar-refractivity contribution in [3.8, 4) is 0 Å². The van der Waals surface area contributed by atoms with Gasteiger partial charge in [0.15, 0.2) is 5.92 Å². The number of rotatable bonds is 8. The lowest BCUT2D eigenvalue weighted by atomic mass is 9.98. The van der Waals surface area contributed by atoms with Crippen LogP contribution in [0.1, 0.15) is 60.8 Å². The van der Waals surface area contributed by atoms with Gasteiger partial charge in [-0.05, 0) is 40.0 Å². The molecule has 0 unspecified atom stereocenters. The van der Waals surface area contributed by atoms with Gasteiger partial charge in [-0.15, -0.1) is 0 Å². The van der Waals surface area contributed by atoms with E-state index in [2.05, 4.69) is 13.8 Å². The van der Waals surface area contributed by atoms with Crippen molar-refractivity contribution >= 4 is 11.9 Å². The average molecular weight is 272 g/mol. The molecule has 0 aliphatic rings. The number of carbonyl (C=O) groups is 2. The summed E-state index contributed by atoms with van der Waals surface area (Å²) in [5, 5.41) is 0. The van der Waals surface area contributed by atoms with Crippen LogP contribution in [-0.4, -0.2) is 24.1 Å². The Kier molecular flexibility index (Phi) is 8.44. The molecule has 0 atom stereocenters. The van der Waals surface area contributed by atoms with Crippen molar-refractivity contribution < 1.29 is 19.1 Å². The predicted molar refractivity (Wildman–Crippen MR) is 74.6 cm³/mol. The lowest BCUT2D eigenvalue weighted by Crippen LogP contribution is -2.31. The van der Waals surface area contributed by atoms with E-state index in [0.717, 1.165) is 12.8 Å². The molecule has 0 fully saturated rings. The fourth-order valence-electron chi connectivity index (χ4n) is 1.69. The highest BCUT2D eigenvalue weighted by molar-refractivity contribution is 5.95. The Morgan fingerprint density at radius 1 is 0.789 bits per heavy atom. The van der Waals surface area contributed by atoms with Crippen LogP contribution in [0.5, 0.6) is 0 Å². The maximum Gasteiger partial charge on any atom is 0.320 e. The van der Waals surface area contributed by atoms with Crippen LogP contribution in [0.2, 0.25) is 0 Å². The third-order valence-corrected chi connectivity index (χ3v) is 2.55. The fraction of sp³-hybridized carbons (Fsp3) is 0.867. The quantitative estimate of drug-likeness (QED) is 0.502. The normalized spacial score (nSPS) is 11.5. The lowest BCUT2D eigenvalue weighted by Gasteiger charge is -2.18. The van der Waals surface area contributed by atoms with E-state index in [1.54, 1.807) is 27.7 Å². The van der Waals surface area contributed by atoms with Gasteiger partial charge in [0, 0.05) is 0 Å². The van der Waals surface area contributed by atoms with Gasteiger partial charge in [-0.2, -0.15) is 0 Å². The Labute approximate surface area is 116 Å². The molecule has 19 heavy (non-hydrogen) atoms. The SMILES string of the molecule is CC(C)CCCC(C(=O)OC(C)C)C(=O)OC(C)C. The summed E-state index contributed by atoms with van der Waals surface area (Å²) in [7, 11) is 0. The molecule has 0 spiro atoms. The highest BCUT2D eigenvalue weighted by Gasteiger charge is 2.30. The van der Waals surface area contributed by atoms with Gasteiger partial charge in [-0.3, -0.25) is 9.59 Å². The first-order valence-electron chi connectivity index (χ1n) is 7.15. The third kappa shape index (κ3) is 8.62. The molecule has 0 aromatic heterocycles. The lowest BCUT2D eigenvalue weighted by molar-refractivity contribution is -0.166. The standard InChI is InChI=1S/C15H28O4/c1-10(2)8-7-9-13(14(16)18-11(3)4)15(17)19-12(5)6/h10-13H,7-9H2,1-6H3. The minimum Gasteiger partial charge on any atom is -0.462 e. The van der Waals surface area contributed by atoms with Crippen LogP contribution >= 0.6 is 0 Å². The zero-order chi connectivity index (χ0) is 15.0. The van der Waals surface area contributed by atoms with E-state index < -0.39 is 17.9 Å². The molecule has 112 valence electrons. The van der Waals surface area contributed by atoms with Crippen LogP contribution in [0.3, 0.4) is 0 Å². The maximum absolute atomic E-state index is 11.9. The van der Waals surface area contributed by atoms with Gasteiger partial charge in [0.05, 0.1) is 12.2 Å². The molecule has 0 rings (SSSR count). The zero-order valence-electron chi connectivity index (χ0n) is 13.1. The minimum atomic E-state index is -0.788. The molecule has 0 aliphatic carbocycles. The van der Waals surface area contributed by atoms with Gasteiger partial charge in [0.1, 0.15) is 0 Å². The highest BCUT2D eigenvalue weighted by Crippen LogP contribution is 2.17. The van der Waals surface area contributed by atoms with Crippen molar-refractivity contribution in [2.75, 3.05) is 0 Å². The van der Waals surface area contributed by atoms with Crippen LogP contribution < -0.4 is 0 Å². The van der Waals surface area contributed by atoms with Gasteiger partial charge in [-0.25, -0.2) is 0 Å². The van der Waals surface area contributed by atoms with Crippen LogP contribution in [0, 0.1) is 11.8 Å². The topological polar surface area (TPSA) is 52.6 Å². The van der Waals surface area contributed by atoms with E-state index in [1.807, 2.05) is 0 Å². The van der Waals surface area contributed by atoms with E-state index in [4.69, 9.17) is 9.47 Å². The molecule has 0 saturated heterocycles. The van der Waals surface area contributed by atoms with Crippen LogP contribution in [-0.2, 0) is 19.1 Å². The van der Waals surface area contributed by atoms with Crippen molar-refractivity contribution in [3.63, 3.8) is 0 Å². The molecule has 0 aliphatic heterocycles. The summed E-state index contributed by atoms with van der Waals surface area (Å²) in [5.41, 5.74) is 0. The van der Waals surface area contributed by atoms with Gasteiger partial charge < -0.3 is 9.47 Å². The summed E-state index contributed by atoms with van der Waals surface area (Å²) >= 11 is 0. The Balaban J connectivity index is 4.53. The summed E-state index contributed by atoms with van der Waals surface area (Å²) in [6.45, 7) is 11.3. The van der Waals surface area contributed by atoms with E-state index in [-0.39, 0.29) is 12.2 Å². The molecule has 4 nitrogen and oxygen atoms in total. The number of carbonyl (C=O) groups excluding carboxylic acids is 2. The van der Waals surface area contributed by atoms with Gasteiger partial charge >= 0.3 is 11.9 Å². The Morgan fingerprint density at radius 2 is 1.21 bits per heavy atom. The smallest absolute Gasteiger partial charge is 0.320 e. The molecular formula is C15H28O4. The molecule has 0 aromatic carbocycles. The van der Waals surface area contributed by atoms with Crippen LogP contribution in [0.4, 0.5) is 0 Å². The molecule has 0 aromatic rings. The first kappa shape index (κ1) is 17.9. The van der Waals surface area contributed by atoms with Crippen molar-refractivity contribution in [2.24, 2.45) is 11.8 Å². The van der Waals surface area contributed by atoms with Crippen LogP contribution in [0.25, 0.3) is 0 Å². The second-order valence-corrected chi connectivity index (χ2v) is 5.85. The summed E-state index contributed by atoms with van der Waals surface area (Å²) in [6.07, 6.45) is 1.87. The fourth-order valence-corrected chi connectivity index (χ4v) is 1.69. The number of esters is 2. The van der Waals surface area contributed by atoms with Gasteiger partial charge in [-0.1, -0.05) is 26.7 Å². The van der Waals surface area contributed by atoms with Gasteiger partial charge in [0.2, 0.25) is 0 Å². The van der Waals surface area contributed by atoms with Gasteiger partial charge in [0.25, 0.3) is 0 Å². The zero-order valence-corrected chi connectivity index (χ0v) is 13.1. The highest BCUT2D eigenvalue weighted by atomic mass is 16.6. The summed E-state index contributed by atoms with van der Waals surface area (Å²) in [5.74, 6) is -1.17. The molecule has 0 heterocycles. The average Bonchev–Trinajstić information content (AvgIpc) is 2.21. The molecule has 4 heteroatoms. The van der Waals surface area contributed by atoms with Crippen molar-refractivity contribution in [3.05, 3.63) is 0 Å². The van der Waals surface area contributed by atoms with E-state index in [9.17, 15) is 9.59 Å². The summed E-state index contributed by atoms with van der Waals surface area (Å²) in [6, 6.07) is 0. The van der Waals surface area contributed by atoms with Crippen LogP contribution in [0.15, 0.2) is 0 Å². The van der Waals surface area contributed by atoms with E-state index in [0.29, 0.717) is 12.3 Å². The Morgan fingerprint density at radius 3 is 1.53 bits per heavy atom. The second kappa shape index (κ2) is 8.94. The van der Waals surface area contributed by atoms with Crippen molar-refractivity contribution in [2.45, 2.75) is 73.0 Å².